The number of thiophene rings is 1. The molecule has 0 bridgehead atoms. The van der Waals surface area contributed by atoms with E-state index in [2.05, 4.69) is 15.3 Å². The maximum Gasteiger partial charge on any atom is 0.418 e. The second-order valence-corrected chi connectivity index (χ2v) is 6.78. The van der Waals surface area contributed by atoms with Crippen molar-refractivity contribution in [3.05, 3.63) is 41.3 Å². The molecule has 27 heavy (non-hydrogen) atoms. The number of halogens is 4. The van der Waals surface area contributed by atoms with Crippen LogP contribution < -0.4 is 10.1 Å². The number of alkyl halides is 3. The van der Waals surface area contributed by atoms with Gasteiger partial charge in [0.05, 0.1) is 29.9 Å². The SMILES string of the molecule is Fc1ccc(Nc2ncnc3scc(C(F)(F)F)c23)c(OC2CCOC2)c1. The zero-order valence-electron chi connectivity index (χ0n) is 13.7. The molecule has 1 aliphatic heterocycles. The van der Waals surface area contributed by atoms with Crippen LogP contribution >= 0.6 is 11.3 Å². The van der Waals surface area contributed by atoms with E-state index in [1.54, 1.807) is 0 Å². The molecule has 142 valence electrons. The average Bonchev–Trinajstić information content (AvgIpc) is 3.26. The minimum absolute atomic E-state index is 0.0206. The van der Waals surface area contributed by atoms with Crippen LogP contribution in [0.2, 0.25) is 0 Å². The minimum atomic E-state index is -4.54. The number of hydrogen-bond donors (Lipinski definition) is 1. The van der Waals surface area contributed by atoms with Gasteiger partial charge in [-0.15, -0.1) is 11.3 Å². The van der Waals surface area contributed by atoms with Gasteiger partial charge in [-0.2, -0.15) is 13.2 Å². The van der Waals surface area contributed by atoms with E-state index in [0.717, 1.165) is 16.7 Å². The Morgan fingerprint density at radius 2 is 2.11 bits per heavy atom. The van der Waals surface area contributed by atoms with Crippen LogP contribution in [0.5, 0.6) is 5.75 Å². The molecule has 1 aliphatic rings. The van der Waals surface area contributed by atoms with Crippen molar-refractivity contribution in [3.63, 3.8) is 0 Å². The lowest BCUT2D eigenvalue weighted by atomic mass is 10.2. The van der Waals surface area contributed by atoms with E-state index >= 15 is 0 Å². The molecule has 3 aromatic rings. The molecule has 1 saturated heterocycles. The highest BCUT2D eigenvalue weighted by Crippen LogP contribution is 2.41. The van der Waals surface area contributed by atoms with Crippen molar-refractivity contribution in [2.24, 2.45) is 0 Å². The van der Waals surface area contributed by atoms with Crippen molar-refractivity contribution in [2.45, 2.75) is 18.7 Å². The summed E-state index contributed by atoms with van der Waals surface area (Å²) >= 11 is 0.879. The Hall–Kier alpha value is -2.46. The first-order valence-corrected chi connectivity index (χ1v) is 8.90. The van der Waals surface area contributed by atoms with Gasteiger partial charge in [0.1, 0.15) is 34.6 Å². The molecule has 0 saturated carbocycles. The fraction of sp³-hybridized carbons (Fsp3) is 0.294. The third kappa shape index (κ3) is 3.67. The smallest absolute Gasteiger partial charge is 0.418 e. The maximum absolute atomic E-state index is 13.7. The molecule has 0 radical (unpaired) electrons. The molecule has 0 aliphatic carbocycles. The van der Waals surface area contributed by atoms with Gasteiger partial charge in [-0.25, -0.2) is 14.4 Å². The highest BCUT2D eigenvalue weighted by Gasteiger charge is 2.35. The fourth-order valence-corrected chi connectivity index (χ4v) is 3.70. The van der Waals surface area contributed by atoms with E-state index < -0.39 is 17.6 Å². The standard InChI is InChI=1S/C17H13F4N3O2S/c18-9-1-2-12(13(5-9)26-10-3-4-25-6-10)24-15-14-11(17(19,20)21)7-27-16(14)23-8-22-15/h1-2,5,7-8,10H,3-4,6H2,(H,22,23,24). The summed E-state index contributed by atoms with van der Waals surface area (Å²) in [7, 11) is 0. The first kappa shape index (κ1) is 17.9. The van der Waals surface area contributed by atoms with E-state index in [-0.39, 0.29) is 27.9 Å². The Balaban J connectivity index is 1.73. The maximum atomic E-state index is 13.7. The third-order valence-electron chi connectivity index (χ3n) is 4.05. The second-order valence-electron chi connectivity index (χ2n) is 5.92. The molecule has 0 amide bonds. The lowest BCUT2D eigenvalue weighted by Gasteiger charge is -2.17. The summed E-state index contributed by atoms with van der Waals surface area (Å²) in [4.78, 5) is 8.05. The van der Waals surface area contributed by atoms with Crippen molar-refractivity contribution in [2.75, 3.05) is 18.5 Å². The first-order chi connectivity index (χ1) is 12.9. The Morgan fingerprint density at radius 1 is 1.26 bits per heavy atom. The molecule has 1 N–H and O–H groups in total. The highest BCUT2D eigenvalue weighted by atomic mass is 32.1. The van der Waals surface area contributed by atoms with Gasteiger partial charge in [-0.1, -0.05) is 0 Å². The molecule has 10 heteroatoms. The quantitative estimate of drug-likeness (QED) is 0.641. The molecule has 1 unspecified atom stereocenters. The van der Waals surface area contributed by atoms with Gasteiger partial charge < -0.3 is 14.8 Å². The van der Waals surface area contributed by atoms with Crippen LogP contribution in [-0.2, 0) is 10.9 Å². The monoisotopic (exact) mass is 399 g/mol. The topological polar surface area (TPSA) is 56.3 Å². The van der Waals surface area contributed by atoms with E-state index in [1.807, 2.05) is 0 Å². The molecular formula is C17H13F4N3O2S. The summed E-state index contributed by atoms with van der Waals surface area (Å²) in [6.45, 7) is 0.912. The first-order valence-electron chi connectivity index (χ1n) is 8.02. The van der Waals surface area contributed by atoms with E-state index in [9.17, 15) is 17.6 Å². The number of anilines is 2. The Morgan fingerprint density at radius 3 is 2.85 bits per heavy atom. The third-order valence-corrected chi connectivity index (χ3v) is 4.94. The fourth-order valence-electron chi connectivity index (χ4n) is 2.79. The molecule has 3 heterocycles. The van der Waals surface area contributed by atoms with Crippen molar-refractivity contribution >= 4 is 33.1 Å². The molecule has 5 nitrogen and oxygen atoms in total. The molecule has 2 aromatic heterocycles. The molecular weight excluding hydrogens is 386 g/mol. The minimum Gasteiger partial charge on any atom is -0.486 e. The van der Waals surface area contributed by atoms with E-state index in [4.69, 9.17) is 9.47 Å². The van der Waals surface area contributed by atoms with Crippen molar-refractivity contribution in [1.82, 2.24) is 9.97 Å². The Bertz CT molecular complexity index is 970. The Labute approximate surface area is 155 Å². The lowest BCUT2D eigenvalue weighted by Crippen LogP contribution is -2.16. The summed E-state index contributed by atoms with van der Waals surface area (Å²) in [6.07, 6.45) is -2.96. The average molecular weight is 399 g/mol. The zero-order valence-corrected chi connectivity index (χ0v) is 14.5. The lowest BCUT2D eigenvalue weighted by molar-refractivity contribution is -0.136. The summed E-state index contributed by atoms with van der Waals surface area (Å²) in [5.41, 5.74) is -0.512. The van der Waals surface area contributed by atoms with Crippen LogP contribution in [-0.4, -0.2) is 29.3 Å². The molecule has 1 aromatic carbocycles. The van der Waals surface area contributed by atoms with Crippen LogP contribution in [0.25, 0.3) is 10.2 Å². The van der Waals surface area contributed by atoms with Gasteiger partial charge in [-0.05, 0) is 12.1 Å². The largest absolute Gasteiger partial charge is 0.486 e. The second kappa shape index (κ2) is 6.93. The van der Waals surface area contributed by atoms with Crippen molar-refractivity contribution in [1.29, 1.82) is 0 Å². The van der Waals surface area contributed by atoms with Gasteiger partial charge in [-0.3, -0.25) is 0 Å². The number of nitrogens with one attached hydrogen (secondary N) is 1. The number of fused-ring (bicyclic) bond motifs is 1. The van der Waals surface area contributed by atoms with Gasteiger partial charge in [0.2, 0.25) is 0 Å². The number of rotatable bonds is 4. The summed E-state index contributed by atoms with van der Waals surface area (Å²) < 4.78 is 64.6. The van der Waals surface area contributed by atoms with Gasteiger partial charge in [0.15, 0.2) is 0 Å². The molecule has 1 fully saturated rings. The van der Waals surface area contributed by atoms with Crippen molar-refractivity contribution in [3.8, 4) is 5.75 Å². The number of hydrogen-bond acceptors (Lipinski definition) is 6. The summed E-state index contributed by atoms with van der Waals surface area (Å²) in [5, 5.41) is 3.71. The number of benzene rings is 1. The van der Waals surface area contributed by atoms with Gasteiger partial charge >= 0.3 is 6.18 Å². The summed E-state index contributed by atoms with van der Waals surface area (Å²) in [5.74, 6) is -0.359. The van der Waals surface area contributed by atoms with Crippen LogP contribution in [0.15, 0.2) is 29.9 Å². The zero-order chi connectivity index (χ0) is 19.0. The number of ether oxygens (including phenoxy) is 2. The van der Waals surface area contributed by atoms with E-state index in [1.165, 1.54) is 24.5 Å². The molecule has 0 spiro atoms. The molecule has 1 atom stereocenters. The van der Waals surface area contributed by atoms with Crippen LogP contribution in [0.3, 0.4) is 0 Å². The van der Waals surface area contributed by atoms with Crippen molar-refractivity contribution < 1.29 is 27.0 Å². The van der Waals surface area contributed by atoms with Crippen LogP contribution in [0.4, 0.5) is 29.1 Å². The normalized spacial score (nSPS) is 17.4. The highest BCUT2D eigenvalue weighted by molar-refractivity contribution is 7.17. The van der Waals surface area contributed by atoms with Gasteiger partial charge in [0, 0.05) is 17.9 Å². The summed E-state index contributed by atoms with van der Waals surface area (Å²) in [6, 6.07) is 3.77. The van der Waals surface area contributed by atoms with E-state index in [0.29, 0.717) is 25.3 Å². The number of aromatic nitrogens is 2. The Kier molecular flexibility index (Phi) is 4.60. The van der Waals surface area contributed by atoms with Gasteiger partial charge in [0.25, 0.3) is 0 Å². The predicted molar refractivity (Wildman–Crippen MR) is 92.0 cm³/mol. The predicted octanol–water partition coefficient (Wildman–Crippen LogP) is 4.76. The van der Waals surface area contributed by atoms with Crippen LogP contribution in [0, 0.1) is 5.82 Å². The van der Waals surface area contributed by atoms with Crippen LogP contribution in [0.1, 0.15) is 12.0 Å². The molecule has 4 rings (SSSR count). The number of nitrogens with zero attached hydrogens (tertiary/aromatic N) is 2.